The van der Waals surface area contributed by atoms with Crippen LogP contribution in [0.4, 0.5) is 0 Å². The Balaban J connectivity index is 0.00000144. The summed E-state index contributed by atoms with van der Waals surface area (Å²) in [5.41, 5.74) is 1.23. The number of halogens is 3. The maximum atomic E-state index is 12.1. The van der Waals surface area contributed by atoms with Crippen molar-refractivity contribution in [2.24, 2.45) is 5.92 Å². The standard InChI is InChI=1S/C17H24ClN3O.2ClH/c18-16-3-1-2-15(10-16)13-20-6-8-21(9-7-20)17(22)12-19-11-14-4-5-14;;/h1-3,10,14,19H,4-9,11-13H2;2*1H. The largest absolute Gasteiger partial charge is 0.339 e. The second kappa shape index (κ2) is 10.5. The van der Waals surface area contributed by atoms with Crippen molar-refractivity contribution in [1.82, 2.24) is 15.1 Å². The van der Waals surface area contributed by atoms with Gasteiger partial charge in [-0.3, -0.25) is 9.69 Å². The molecule has 136 valence electrons. The molecule has 1 amide bonds. The van der Waals surface area contributed by atoms with E-state index < -0.39 is 0 Å². The third kappa shape index (κ3) is 6.77. The Hall–Kier alpha value is -0.520. The zero-order valence-corrected chi connectivity index (χ0v) is 16.1. The van der Waals surface area contributed by atoms with Crippen LogP contribution < -0.4 is 5.32 Å². The van der Waals surface area contributed by atoms with Crippen molar-refractivity contribution >= 4 is 42.3 Å². The van der Waals surface area contributed by atoms with Crippen LogP contribution in [-0.2, 0) is 11.3 Å². The Morgan fingerprint density at radius 2 is 1.88 bits per heavy atom. The van der Waals surface area contributed by atoms with E-state index in [2.05, 4.69) is 16.3 Å². The van der Waals surface area contributed by atoms with E-state index in [4.69, 9.17) is 11.6 Å². The highest BCUT2D eigenvalue weighted by Gasteiger charge is 2.23. The average molecular weight is 395 g/mol. The van der Waals surface area contributed by atoms with Gasteiger partial charge in [0.15, 0.2) is 0 Å². The molecule has 0 spiro atoms. The molecule has 1 aliphatic carbocycles. The molecule has 4 nitrogen and oxygen atoms in total. The van der Waals surface area contributed by atoms with E-state index in [0.717, 1.165) is 50.2 Å². The molecule has 2 aliphatic rings. The quantitative estimate of drug-likeness (QED) is 0.806. The van der Waals surface area contributed by atoms with E-state index in [1.54, 1.807) is 0 Å². The predicted octanol–water partition coefficient (Wildman–Crippen LogP) is 2.83. The fourth-order valence-electron chi connectivity index (χ4n) is 2.87. The topological polar surface area (TPSA) is 35.6 Å². The Kier molecular flexibility index (Phi) is 9.39. The molecule has 1 aromatic rings. The van der Waals surface area contributed by atoms with Crippen LogP contribution in [-0.4, -0.2) is 55.0 Å². The summed E-state index contributed by atoms with van der Waals surface area (Å²) >= 11 is 6.02. The minimum atomic E-state index is 0. The highest BCUT2D eigenvalue weighted by Crippen LogP contribution is 2.27. The Bertz CT molecular complexity index is 518. The zero-order valence-electron chi connectivity index (χ0n) is 13.7. The SMILES string of the molecule is Cl.Cl.O=C(CNCC1CC1)N1CCN(Cc2cccc(Cl)c2)CC1. The molecule has 0 radical (unpaired) electrons. The summed E-state index contributed by atoms with van der Waals surface area (Å²) in [7, 11) is 0. The molecule has 1 aliphatic heterocycles. The summed E-state index contributed by atoms with van der Waals surface area (Å²) in [5, 5.41) is 4.07. The molecule has 1 aromatic carbocycles. The number of nitrogens with one attached hydrogen (secondary N) is 1. The monoisotopic (exact) mass is 393 g/mol. The van der Waals surface area contributed by atoms with Crippen LogP contribution >= 0.6 is 36.4 Å². The lowest BCUT2D eigenvalue weighted by Gasteiger charge is -2.34. The third-order valence-corrected chi connectivity index (χ3v) is 4.66. The van der Waals surface area contributed by atoms with Gasteiger partial charge in [0.05, 0.1) is 6.54 Å². The predicted molar refractivity (Wildman–Crippen MR) is 103 cm³/mol. The number of amides is 1. The number of rotatable bonds is 6. The van der Waals surface area contributed by atoms with Gasteiger partial charge in [0.1, 0.15) is 0 Å². The van der Waals surface area contributed by atoms with Gasteiger partial charge in [0.2, 0.25) is 5.91 Å². The summed E-state index contributed by atoms with van der Waals surface area (Å²) in [5.74, 6) is 1.06. The molecule has 0 unspecified atom stereocenters. The molecule has 1 saturated heterocycles. The number of hydrogen-bond donors (Lipinski definition) is 1. The molecular weight excluding hydrogens is 369 g/mol. The summed E-state index contributed by atoms with van der Waals surface area (Å²) in [6.45, 7) is 5.91. The maximum absolute atomic E-state index is 12.1. The third-order valence-electron chi connectivity index (χ3n) is 4.43. The highest BCUT2D eigenvalue weighted by atomic mass is 35.5. The molecule has 0 atom stereocenters. The van der Waals surface area contributed by atoms with Crippen LogP contribution in [0.15, 0.2) is 24.3 Å². The number of piperazine rings is 1. The van der Waals surface area contributed by atoms with Crippen molar-refractivity contribution in [3.05, 3.63) is 34.9 Å². The van der Waals surface area contributed by atoms with Crippen LogP contribution in [0.1, 0.15) is 18.4 Å². The molecule has 2 fully saturated rings. The van der Waals surface area contributed by atoms with Crippen molar-refractivity contribution in [2.45, 2.75) is 19.4 Å². The van der Waals surface area contributed by atoms with Crippen molar-refractivity contribution < 1.29 is 4.79 Å². The minimum Gasteiger partial charge on any atom is -0.339 e. The van der Waals surface area contributed by atoms with Crippen LogP contribution in [0.2, 0.25) is 5.02 Å². The lowest BCUT2D eigenvalue weighted by atomic mass is 10.2. The summed E-state index contributed by atoms with van der Waals surface area (Å²) in [6.07, 6.45) is 2.65. The number of benzene rings is 1. The van der Waals surface area contributed by atoms with E-state index in [1.165, 1.54) is 18.4 Å². The van der Waals surface area contributed by atoms with E-state index >= 15 is 0 Å². The Morgan fingerprint density at radius 1 is 1.17 bits per heavy atom. The number of hydrogen-bond acceptors (Lipinski definition) is 3. The van der Waals surface area contributed by atoms with E-state index in [1.807, 2.05) is 23.1 Å². The molecule has 24 heavy (non-hydrogen) atoms. The lowest BCUT2D eigenvalue weighted by molar-refractivity contribution is -0.132. The van der Waals surface area contributed by atoms with Crippen molar-refractivity contribution in [2.75, 3.05) is 39.3 Å². The highest BCUT2D eigenvalue weighted by molar-refractivity contribution is 6.30. The fraction of sp³-hybridized carbons (Fsp3) is 0.588. The van der Waals surface area contributed by atoms with Crippen LogP contribution in [0.3, 0.4) is 0 Å². The molecule has 0 bridgehead atoms. The lowest BCUT2D eigenvalue weighted by Crippen LogP contribution is -2.50. The van der Waals surface area contributed by atoms with E-state index in [-0.39, 0.29) is 30.7 Å². The first-order chi connectivity index (χ1) is 10.7. The number of carbonyl (C=O) groups excluding carboxylic acids is 1. The molecule has 0 aromatic heterocycles. The van der Waals surface area contributed by atoms with Crippen LogP contribution in [0.25, 0.3) is 0 Å². The maximum Gasteiger partial charge on any atom is 0.236 e. The smallest absolute Gasteiger partial charge is 0.236 e. The summed E-state index contributed by atoms with van der Waals surface area (Å²) < 4.78 is 0. The number of carbonyl (C=O) groups is 1. The van der Waals surface area contributed by atoms with E-state index in [9.17, 15) is 4.79 Å². The minimum absolute atomic E-state index is 0. The first-order valence-corrected chi connectivity index (χ1v) is 8.54. The van der Waals surface area contributed by atoms with Gasteiger partial charge in [-0.1, -0.05) is 23.7 Å². The first-order valence-electron chi connectivity index (χ1n) is 8.16. The van der Waals surface area contributed by atoms with Crippen molar-refractivity contribution in [3.8, 4) is 0 Å². The summed E-state index contributed by atoms with van der Waals surface area (Å²) in [4.78, 5) is 16.5. The van der Waals surface area contributed by atoms with Crippen molar-refractivity contribution in [1.29, 1.82) is 0 Å². The van der Waals surface area contributed by atoms with Gasteiger partial charge < -0.3 is 10.2 Å². The molecule has 7 heteroatoms. The van der Waals surface area contributed by atoms with Gasteiger partial charge in [0, 0.05) is 37.7 Å². The van der Waals surface area contributed by atoms with Gasteiger partial charge in [-0.25, -0.2) is 0 Å². The van der Waals surface area contributed by atoms with E-state index in [0.29, 0.717) is 6.54 Å². The molecule has 3 rings (SSSR count). The first kappa shape index (κ1) is 21.5. The summed E-state index contributed by atoms with van der Waals surface area (Å²) in [6, 6.07) is 8.01. The van der Waals surface area contributed by atoms with Gasteiger partial charge in [-0.05, 0) is 43.0 Å². The van der Waals surface area contributed by atoms with Crippen molar-refractivity contribution in [3.63, 3.8) is 0 Å². The molecule has 1 saturated carbocycles. The Labute approximate surface area is 161 Å². The normalized spacial score (nSPS) is 17.8. The molecule has 1 heterocycles. The molecule has 1 N–H and O–H groups in total. The second-order valence-corrected chi connectivity index (χ2v) is 6.80. The average Bonchev–Trinajstić information content (AvgIpc) is 3.32. The van der Waals surface area contributed by atoms with Gasteiger partial charge >= 0.3 is 0 Å². The number of nitrogens with zero attached hydrogens (tertiary/aromatic N) is 2. The van der Waals surface area contributed by atoms with Gasteiger partial charge in [-0.15, -0.1) is 24.8 Å². The second-order valence-electron chi connectivity index (χ2n) is 6.36. The van der Waals surface area contributed by atoms with Gasteiger partial charge in [0.25, 0.3) is 0 Å². The fourth-order valence-corrected chi connectivity index (χ4v) is 3.08. The zero-order chi connectivity index (χ0) is 15.4. The Morgan fingerprint density at radius 3 is 2.50 bits per heavy atom. The van der Waals surface area contributed by atoms with Crippen LogP contribution in [0.5, 0.6) is 0 Å². The van der Waals surface area contributed by atoms with Crippen LogP contribution in [0, 0.1) is 5.92 Å². The van der Waals surface area contributed by atoms with Gasteiger partial charge in [-0.2, -0.15) is 0 Å². The molecular formula is C17H26Cl3N3O.